The SMILES string of the molecule is CN(C)CCOCCNS(=O)(=O)c1ccc(Cl)c(Br)c1. The lowest BCUT2D eigenvalue weighted by atomic mass is 10.4. The first-order valence-electron chi connectivity index (χ1n) is 6.00. The fourth-order valence-corrected chi connectivity index (χ4v) is 3.01. The minimum absolute atomic E-state index is 0.169. The highest BCUT2D eigenvalue weighted by Crippen LogP contribution is 2.25. The van der Waals surface area contributed by atoms with Crippen LogP contribution in [0.4, 0.5) is 0 Å². The Morgan fingerprint density at radius 2 is 2.05 bits per heavy atom. The number of ether oxygens (including phenoxy) is 1. The maximum atomic E-state index is 12.0. The average Bonchev–Trinajstić information content (AvgIpc) is 2.36. The predicted octanol–water partition coefficient (Wildman–Crippen LogP) is 1.96. The topological polar surface area (TPSA) is 58.6 Å². The number of hydrogen-bond donors (Lipinski definition) is 1. The molecular weight excluding hydrogens is 368 g/mol. The summed E-state index contributed by atoms with van der Waals surface area (Å²) in [4.78, 5) is 2.16. The molecule has 0 aliphatic rings. The van der Waals surface area contributed by atoms with Crippen LogP contribution < -0.4 is 4.72 Å². The van der Waals surface area contributed by atoms with Crippen LogP contribution in [0.3, 0.4) is 0 Å². The van der Waals surface area contributed by atoms with Gasteiger partial charge >= 0.3 is 0 Å². The smallest absolute Gasteiger partial charge is 0.240 e. The van der Waals surface area contributed by atoms with E-state index >= 15 is 0 Å². The van der Waals surface area contributed by atoms with Crippen LogP contribution in [0.1, 0.15) is 0 Å². The van der Waals surface area contributed by atoms with Crippen molar-refractivity contribution in [2.45, 2.75) is 4.90 Å². The summed E-state index contributed by atoms with van der Waals surface area (Å²) in [5, 5.41) is 0.468. The molecule has 0 saturated carbocycles. The molecule has 1 aromatic rings. The summed E-state index contributed by atoms with van der Waals surface area (Å²) in [7, 11) is 0.366. The Morgan fingerprint density at radius 1 is 1.35 bits per heavy atom. The molecule has 0 fully saturated rings. The van der Waals surface area contributed by atoms with Gasteiger partial charge in [-0.1, -0.05) is 11.6 Å². The quantitative estimate of drug-likeness (QED) is 0.695. The lowest BCUT2D eigenvalue weighted by molar-refractivity contribution is 0.122. The molecule has 0 aliphatic carbocycles. The van der Waals surface area contributed by atoms with Gasteiger partial charge in [0.15, 0.2) is 0 Å². The van der Waals surface area contributed by atoms with Crippen LogP contribution in [-0.2, 0) is 14.8 Å². The van der Waals surface area contributed by atoms with Gasteiger partial charge in [0.1, 0.15) is 0 Å². The second-order valence-electron chi connectivity index (χ2n) is 4.39. The highest BCUT2D eigenvalue weighted by Gasteiger charge is 2.14. The molecule has 0 unspecified atom stereocenters. The third kappa shape index (κ3) is 6.07. The third-order valence-corrected chi connectivity index (χ3v) is 5.10. The van der Waals surface area contributed by atoms with Crippen LogP contribution in [0.25, 0.3) is 0 Å². The molecule has 0 atom stereocenters. The van der Waals surface area contributed by atoms with Crippen molar-refractivity contribution >= 4 is 37.6 Å². The van der Waals surface area contributed by atoms with Crippen molar-refractivity contribution in [1.29, 1.82) is 0 Å². The summed E-state index contributed by atoms with van der Waals surface area (Å²) in [6.45, 7) is 1.94. The van der Waals surface area contributed by atoms with E-state index in [-0.39, 0.29) is 11.4 Å². The third-order valence-electron chi connectivity index (χ3n) is 2.42. The molecule has 0 aliphatic heterocycles. The van der Waals surface area contributed by atoms with Gasteiger partial charge < -0.3 is 9.64 Å². The molecule has 0 saturated heterocycles. The van der Waals surface area contributed by atoms with E-state index in [1.807, 2.05) is 19.0 Å². The van der Waals surface area contributed by atoms with E-state index in [0.717, 1.165) is 6.54 Å². The van der Waals surface area contributed by atoms with Crippen LogP contribution in [0.5, 0.6) is 0 Å². The normalized spacial score (nSPS) is 12.1. The lowest BCUT2D eigenvalue weighted by Crippen LogP contribution is -2.28. The highest BCUT2D eigenvalue weighted by atomic mass is 79.9. The summed E-state index contributed by atoms with van der Waals surface area (Å²) in [5.74, 6) is 0. The van der Waals surface area contributed by atoms with Gasteiger partial charge in [0.05, 0.1) is 23.1 Å². The number of halogens is 2. The number of benzene rings is 1. The molecule has 1 rings (SSSR count). The van der Waals surface area contributed by atoms with Crippen molar-refractivity contribution in [3.05, 3.63) is 27.7 Å². The molecule has 20 heavy (non-hydrogen) atoms. The highest BCUT2D eigenvalue weighted by molar-refractivity contribution is 9.10. The van der Waals surface area contributed by atoms with Crippen LogP contribution in [-0.4, -0.2) is 53.7 Å². The summed E-state index contributed by atoms with van der Waals surface area (Å²) in [6, 6.07) is 4.47. The Bertz CT molecular complexity index is 538. The number of sulfonamides is 1. The maximum absolute atomic E-state index is 12.0. The number of nitrogens with zero attached hydrogens (tertiary/aromatic N) is 1. The van der Waals surface area contributed by atoms with Crippen molar-refractivity contribution in [3.8, 4) is 0 Å². The Hall–Kier alpha value is -0.180. The van der Waals surface area contributed by atoms with Gasteiger partial charge in [-0.2, -0.15) is 0 Å². The zero-order valence-electron chi connectivity index (χ0n) is 11.4. The van der Waals surface area contributed by atoms with E-state index in [9.17, 15) is 8.42 Å². The summed E-state index contributed by atoms with van der Waals surface area (Å²) in [6.07, 6.45) is 0. The van der Waals surface area contributed by atoms with Crippen molar-refractivity contribution in [1.82, 2.24) is 9.62 Å². The van der Waals surface area contributed by atoms with E-state index in [1.54, 1.807) is 0 Å². The molecular formula is C12H18BrClN2O3S. The lowest BCUT2D eigenvalue weighted by Gasteiger charge is -2.11. The first-order chi connectivity index (χ1) is 9.33. The van der Waals surface area contributed by atoms with Crippen LogP contribution in [0.15, 0.2) is 27.6 Å². The van der Waals surface area contributed by atoms with Crippen molar-refractivity contribution in [2.24, 2.45) is 0 Å². The molecule has 0 spiro atoms. The standard InChI is InChI=1S/C12H18BrClN2O3S/c1-16(2)6-8-19-7-5-15-20(17,18)10-3-4-12(14)11(13)9-10/h3-4,9,15H,5-8H2,1-2H3. The van der Waals surface area contributed by atoms with Gasteiger partial charge in [0.2, 0.25) is 10.0 Å². The zero-order valence-corrected chi connectivity index (χ0v) is 14.6. The van der Waals surface area contributed by atoms with E-state index in [1.165, 1.54) is 18.2 Å². The van der Waals surface area contributed by atoms with Gasteiger partial charge in [-0.25, -0.2) is 13.1 Å². The Balaban J connectivity index is 2.43. The fraction of sp³-hybridized carbons (Fsp3) is 0.500. The summed E-state index contributed by atoms with van der Waals surface area (Å²) < 4.78 is 32.3. The molecule has 0 amide bonds. The summed E-state index contributed by atoms with van der Waals surface area (Å²) >= 11 is 9.03. The largest absolute Gasteiger partial charge is 0.379 e. The molecule has 1 aromatic carbocycles. The maximum Gasteiger partial charge on any atom is 0.240 e. The number of nitrogens with one attached hydrogen (secondary N) is 1. The molecule has 0 aromatic heterocycles. The first-order valence-corrected chi connectivity index (χ1v) is 8.65. The minimum Gasteiger partial charge on any atom is -0.379 e. The Morgan fingerprint density at radius 3 is 2.65 bits per heavy atom. The predicted molar refractivity (Wildman–Crippen MR) is 83.7 cm³/mol. The van der Waals surface area contributed by atoms with Crippen LogP contribution in [0.2, 0.25) is 5.02 Å². The van der Waals surface area contributed by atoms with Crippen LogP contribution >= 0.6 is 27.5 Å². The van der Waals surface area contributed by atoms with E-state index < -0.39 is 10.0 Å². The molecule has 0 heterocycles. The molecule has 1 N–H and O–H groups in total. The van der Waals surface area contributed by atoms with Crippen molar-refractivity contribution in [3.63, 3.8) is 0 Å². The van der Waals surface area contributed by atoms with Gasteiger partial charge in [-0.15, -0.1) is 0 Å². The second kappa shape index (κ2) is 8.31. The Kier molecular flexibility index (Phi) is 7.42. The van der Waals surface area contributed by atoms with Crippen molar-refractivity contribution in [2.75, 3.05) is 40.4 Å². The number of rotatable bonds is 8. The van der Waals surface area contributed by atoms with Crippen molar-refractivity contribution < 1.29 is 13.2 Å². The fourth-order valence-electron chi connectivity index (χ4n) is 1.32. The minimum atomic E-state index is -3.53. The zero-order chi connectivity index (χ0) is 15.2. The number of likely N-dealkylation sites (N-methyl/N-ethyl adjacent to an activating group) is 1. The van der Waals surface area contributed by atoms with Gasteiger partial charge in [0, 0.05) is 17.6 Å². The van der Waals surface area contributed by atoms with Gasteiger partial charge in [-0.05, 0) is 48.2 Å². The average molecular weight is 386 g/mol. The van der Waals surface area contributed by atoms with Gasteiger partial charge in [-0.3, -0.25) is 0 Å². The molecule has 8 heteroatoms. The molecule has 5 nitrogen and oxygen atoms in total. The molecule has 114 valence electrons. The first kappa shape index (κ1) is 17.9. The van der Waals surface area contributed by atoms with E-state index in [4.69, 9.17) is 16.3 Å². The Labute approximate surface area is 133 Å². The molecule has 0 bridgehead atoms. The van der Waals surface area contributed by atoms with E-state index in [2.05, 4.69) is 20.7 Å². The molecule has 0 radical (unpaired) electrons. The second-order valence-corrected chi connectivity index (χ2v) is 7.42. The van der Waals surface area contributed by atoms with Crippen LogP contribution in [0, 0.1) is 0 Å². The van der Waals surface area contributed by atoms with E-state index in [0.29, 0.717) is 22.7 Å². The monoisotopic (exact) mass is 384 g/mol. The van der Waals surface area contributed by atoms with Gasteiger partial charge in [0.25, 0.3) is 0 Å². The number of hydrogen-bond acceptors (Lipinski definition) is 4. The summed E-state index contributed by atoms with van der Waals surface area (Å²) in [5.41, 5.74) is 0.